The smallest absolute Gasteiger partial charge is 0.324 e. The molecule has 1 aromatic heterocycles. The SMILES string of the molecule is Cn1cc(S(=O)(=O)NC2(C(=O)O)CCC2)cc1C(N)=O. The van der Waals surface area contributed by atoms with Crippen LogP contribution in [0.3, 0.4) is 0 Å². The summed E-state index contributed by atoms with van der Waals surface area (Å²) < 4.78 is 27.9. The van der Waals surface area contributed by atoms with Gasteiger partial charge >= 0.3 is 5.97 Å². The lowest BCUT2D eigenvalue weighted by Gasteiger charge is -2.37. The molecule has 20 heavy (non-hydrogen) atoms. The van der Waals surface area contributed by atoms with Crippen LogP contribution < -0.4 is 10.5 Å². The molecular weight excluding hydrogens is 286 g/mol. The number of aromatic nitrogens is 1. The van der Waals surface area contributed by atoms with Crippen molar-refractivity contribution in [1.82, 2.24) is 9.29 Å². The van der Waals surface area contributed by atoms with Gasteiger partial charge in [-0.05, 0) is 25.3 Å². The zero-order valence-corrected chi connectivity index (χ0v) is 11.6. The minimum atomic E-state index is -4.02. The number of hydrogen-bond donors (Lipinski definition) is 3. The number of carboxylic acids is 1. The van der Waals surface area contributed by atoms with E-state index in [2.05, 4.69) is 4.72 Å². The van der Waals surface area contributed by atoms with Crippen molar-refractivity contribution in [3.8, 4) is 0 Å². The van der Waals surface area contributed by atoms with Crippen LogP contribution in [0.2, 0.25) is 0 Å². The molecule has 0 aliphatic heterocycles. The van der Waals surface area contributed by atoms with Crippen LogP contribution in [-0.4, -0.2) is 35.5 Å². The first-order valence-corrected chi connectivity index (χ1v) is 7.40. The van der Waals surface area contributed by atoms with Crippen molar-refractivity contribution in [2.45, 2.75) is 29.7 Å². The van der Waals surface area contributed by atoms with Gasteiger partial charge in [-0.25, -0.2) is 8.42 Å². The normalized spacial score (nSPS) is 17.4. The van der Waals surface area contributed by atoms with Gasteiger partial charge in [-0.2, -0.15) is 4.72 Å². The van der Waals surface area contributed by atoms with E-state index in [1.807, 2.05) is 0 Å². The van der Waals surface area contributed by atoms with E-state index in [0.29, 0.717) is 6.42 Å². The first-order chi connectivity index (χ1) is 9.18. The summed E-state index contributed by atoms with van der Waals surface area (Å²) in [5.41, 5.74) is 3.70. The van der Waals surface area contributed by atoms with Gasteiger partial charge in [0.05, 0.1) is 0 Å². The van der Waals surface area contributed by atoms with Crippen LogP contribution in [0.25, 0.3) is 0 Å². The van der Waals surface area contributed by atoms with Crippen LogP contribution in [0.5, 0.6) is 0 Å². The Morgan fingerprint density at radius 1 is 1.45 bits per heavy atom. The zero-order chi connectivity index (χ0) is 15.1. The standard InChI is InChI=1S/C11H15N3O5S/c1-14-6-7(5-8(14)9(12)15)20(18,19)13-11(10(16)17)3-2-4-11/h5-6,13H,2-4H2,1H3,(H2,12,15)(H,16,17). The molecule has 0 radical (unpaired) electrons. The predicted molar refractivity (Wildman–Crippen MR) is 68.5 cm³/mol. The maximum Gasteiger partial charge on any atom is 0.324 e. The highest BCUT2D eigenvalue weighted by Crippen LogP contribution is 2.33. The summed E-state index contributed by atoms with van der Waals surface area (Å²) in [5.74, 6) is -1.95. The second-order valence-corrected chi connectivity index (χ2v) is 6.56. The Morgan fingerprint density at radius 2 is 2.05 bits per heavy atom. The van der Waals surface area contributed by atoms with Crippen molar-refractivity contribution in [2.75, 3.05) is 0 Å². The van der Waals surface area contributed by atoms with Crippen LogP contribution in [0.4, 0.5) is 0 Å². The largest absolute Gasteiger partial charge is 0.480 e. The molecule has 1 amide bonds. The van der Waals surface area contributed by atoms with E-state index in [0.717, 1.165) is 6.07 Å². The molecule has 1 aliphatic rings. The van der Waals surface area contributed by atoms with E-state index >= 15 is 0 Å². The number of carboxylic acid groups (broad SMARTS) is 1. The van der Waals surface area contributed by atoms with Crippen LogP contribution >= 0.6 is 0 Å². The Balaban J connectivity index is 2.34. The van der Waals surface area contributed by atoms with Crippen LogP contribution in [0.1, 0.15) is 29.8 Å². The van der Waals surface area contributed by atoms with E-state index in [4.69, 9.17) is 10.8 Å². The van der Waals surface area contributed by atoms with E-state index in [1.54, 1.807) is 0 Å². The fourth-order valence-electron chi connectivity index (χ4n) is 2.13. The van der Waals surface area contributed by atoms with Crippen molar-refractivity contribution >= 4 is 21.9 Å². The zero-order valence-electron chi connectivity index (χ0n) is 10.8. The number of aliphatic carboxylic acids is 1. The molecule has 0 atom stereocenters. The molecular formula is C11H15N3O5S. The van der Waals surface area contributed by atoms with Gasteiger partial charge in [0.25, 0.3) is 5.91 Å². The Hall–Kier alpha value is -1.87. The van der Waals surface area contributed by atoms with Crippen molar-refractivity contribution in [1.29, 1.82) is 0 Å². The number of rotatable bonds is 5. The Morgan fingerprint density at radius 3 is 2.40 bits per heavy atom. The van der Waals surface area contributed by atoms with Gasteiger partial charge in [0.15, 0.2) is 0 Å². The van der Waals surface area contributed by atoms with E-state index in [9.17, 15) is 18.0 Å². The molecule has 2 rings (SSSR count). The van der Waals surface area contributed by atoms with Crippen molar-refractivity contribution in [2.24, 2.45) is 12.8 Å². The molecule has 0 unspecified atom stereocenters. The summed E-state index contributed by atoms with van der Waals surface area (Å²) in [4.78, 5) is 22.1. The fraction of sp³-hybridized carbons (Fsp3) is 0.455. The number of nitrogens with one attached hydrogen (secondary N) is 1. The third kappa shape index (κ3) is 2.29. The summed E-state index contributed by atoms with van der Waals surface area (Å²) in [6, 6.07) is 1.12. The lowest BCUT2D eigenvalue weighted by atomic mass is 9.78. The number of nitrogens with two attached hydrogens (primary N) is 1. The van der Waals surface area contributed by atoms with Crippen molar-refractivity contribution < 1.29 is 23.1 Å². The maximum absolute atomic E-state index is 12.2. The summed E-state index contributed by atoms with van der Waals surface area (Å²) >= 11 is 0. The lowest BCUT2D eigenvalue weighted by molar-refractivity contribution is -0.147. The highest BCUT2D eigenvalue weighted by atomic mass is 32.2. The minimum Gasteiger partial charge on any atom is -0.480 e. The monoisotopic (exact) mass is 301 g/mol. The number of amides is 1. The molecule has 0 bridgehead atoms. The Kier molecular flexibility index (Phi) is 3.34. The van der Waals surface area contributed by atoms with Gasteiger partial charge in [0.1, 0.15) is 16.1 Å². The highest BCUT2D eigenvalue weighted by Gasteiger charge is 2.47. The number of carbonyl (C=O) groups is 2. The molecule has 1 aliphatic carbocycles. The number of sulfonamides is 1. The fourth-order valence-corrected chi connectivity index (χ4v) is 3.62. The number of carbonyl (C=O) groups excluding carboxylic acids is 1. The number of nitrogens with zero attached hydrogens (tertiary/aromatic N) is 1. The third-order valence-electron chi connectivity index (χ3n) is 3.49. The van der Waals surface area contributed by atoms with Gasteiger partial charge in [-0.1, -0.05) is 0 Å². The molecule has 0 aromatic carbocycles. The molecule has 0 spiro atoms. The van der Waals surface area contributed by atoms with E-state index in [-0.39, 0.29) is 23.4 Å². The van der Waals surface area contributed by atoms with Gasteiger partial charge < -0.3 is 15.4 Å². The van der Waals surface area contributed by atoms with Crippen LogP contribution in [0, 0.1) is 0 Å². The second-order valence-electron chi connectivity index (χ2n) is 4.88. The minimum absolute atomic E-state index is 0.0309. The lowest BCUT2D eigenvalue weighted by Crippen LogP contribution is -2.58. The molecule has 4 N–H and O–H groups in total. The summed E-state index contributed by atoms with van der Waals surface area (Å²) in [7, 11) is -2.54. The molecule has 1 heterocycles. The molecule has 110 valence electrons. The van der Waals surface area contributed by atoms with Gasteiger partial charge in [-0.3, -0.25) is 9.59 Å². The van der Waals surface area contributed by atoms with Crippen LogP contribution in [-0.2, 0) is 21.9 Å². The molecule has 1 fully saturated rings. The predicted octanol–water partition coefficient (Wildman–Crippen LogP) is -0.590. The van der Waals surface area contributed by atoms with Gasteiger partial charge in [0.2, 0.25) is 10.0 Å². The first kappa shape index (κ1) is 14.5. The average molecular weight is 301 g/mol. The molecule has 9 heteroatoms. The van der Waals surface area contributed by atoms with E-state index < -0.39 is 27.4 Å². The summed E-state index contributed by atoms with van der Waals surface area (Å²) in [6.45, 7) is 0. The third-order valence-corrected chi connectivity index (χ3v) is 4.99. The van der Waals surface area contributed by atoms with Crippen LogP contribution in [0.15, 0.2) is 17.2 Å². The van der Waals surface area contributed by atoms with Gasteiger partial charge in [0, 0.05) is 13.2 Å². The number of aryl methyl sites for hydroxylation is 1. The number of hydrogen-bond acceptors (Lipinski definition) is 4. The Bertz CT molecular complexity index is 672. The van der Waals surface area contributed by atoms with E-state index in [1.165, 1.54) is 17.8 Å². The molecule has 8 nitrogen and oxygen atoms in total. The first-order valence-electron chi connectivity index (χ1n) is 5.91. The molecule has 1 saturated carbocycles. The number of primary amides is 1. The average Bonchev–Trinajstić information content (AvgIpc) is 2.66. The molecule has 0 saturated heterocycles. The quantitative estimate of drug-likeness (QED) is 0.669. The highest BCUT2D eigenvalue weighted by molar-refractivity contribution is 7.89. The Labute approximate surface area is 115 Å². The van der Waals surface area contributed by atoms with Crippen molar-refractivity contribution in [3.63, 3.8) is 0 Å². The topological polar surface area (TPSA) is 131 Å². The van der Waals surface area contributed by atoms with Crippen molar-refractivity contribution in [3.05, 3.63) is 18.0 Å². The summed E-state index contributed by atoms with van der Waals surface area (Å²) in [6.07, 6.45) is 2.36. The maximum atomic E-state index is 12.2. The van der Waals surface area contributed by atoms with Gasteiger partial charge in [-0.15, -0.1) is 0 Å². The second kappa shape index (κ2) is 4.60. The molecule has 1 aromatic rings. The summed E-state index contributed by atoms with van der Waals surface area (Å²) in [5, 5.41) is 9.14.